The summed E-state index contributed by atoms with van der Waals surface area (Å²) in [6, 6.07) is 2.01. The first-order valence-electron chi connectivity index (χ1n) is 5.95. The molecule has 0 unspecified atom stereocenters. The molecule has 1 heteroatoms. The van der Waals surface area contributed by atoms with Gasteiger partial charge in [-0.05, 0) is 37.0 Å². The molecule has 0 spiro atoms. The molecular formula is C15H24O. The third-order valence-electron chi connectivity index (χ3n) is 2.27. The Kier molecular flexibility index (Phi) is 6.55. The molecule has 0 saturated heterocycles. The molecule has 0 aromatic carbocycles. The van der Waals surface area contributed by atoms with Gasteiger partial charge in [0.05, 0.1) is 6.26 Å². The maximum absolute atomic E-state index is 5.45. The maximum atomic E-state index is 5.45. The van der Waals surface area contributed by atoms with Crippen LogP contribution in [0.1, 0.15) is 41.5 Å². The minimum Gasteiger partial charge on any atom is -0.464 e. The quantitative estimate of drug-likeness (QED) is 0.743. The Hall–Kier alpha value is -1.24. The summed E-state index contributed by atoms with van der Waals surface area (Å²) in [7, 11) is 0. The van der Waals surface area contributed by atoms with Crippen LogP contribution in [0.5, 0.6) is 0 Å². The molecule has 0 atom stereocenters. The third-order valence-corrected chi connectivity index (χ3v) is 2.27. The topological polar surface area (TPSA) is 13.1 Å². The Morgan fingerprint density at radius 2 is 1.88 bits per heavy atom. The van der Waals surface area contributed by atoms with Gasteiger partial charge in [-0.1, -0.05) is 40.3 Å². The molecule has 1 aromatic rings. The maximum Gasteiger partial charge on any atom is 0.132 e. The predicted molar refractivity (Wildman–Crippen MR) is 72.5 cm³/mol. The Labute approximate surface area is 99.2 Å². The number of allylic oxidation sites excluding steroid dienone is 1. The van der Waals surface area contributed by atoms with E-state index in [1.54, 1.807) is 6.26 Å². The predicted octanol–water partition coefficient (Wildman–Crippen LogP) is 3.49. The fourth-order valence-corrected chi connectivity index (χ4v) is 1.58. The highest BCUT2D eigenvalue weighted by Crippen LogP contribution is 2.08. The summed E-state index contributed by atoms with van der Waals surface area (Å²) in [4.78, 5) is 0. The molecule has 0 saturated carbocycles. The van der Waals surface area contributed by atoms with Crippen LogP contribution >= 0.6 is 0 Å². The first-order chi connectivity index (χ1) is 7.57. The average Bonchev–Trinajstić information content (AvgIpc) is 2.70. The molecule has 0 aliphatic carbocycles. The van der Waals surface area contributed by atoms with Gasteiger partial charge in [0.1, 0.15) is 5.42 Å². The highest BCUT2D eigenvalue weighted by molar-refractivity contribution is 5.58. The van der Waals surface area contributed by atoms with Crippen molar-refractivity contribution in [3.05, 3.63) is 35.6 Å². The van der Waals surface area contributed by atoms with Gasteiger partial charge in [-0.25, -0.2) is 0 Å². The molecule has 0 aliphatic heterocycles. The van der Waals surface area contributed by atoms with Gasteiger partial charge < -0.3 is 4.42 Å². The molecule has 1 aromatic heterocycles. The van der Waals surface area contributed by atoms with Crippen molar-refractivity contribution in [2.24, 2.45) is 5.92 Å². The van der Waals surface area contributed by atoms with Gasteiger partial charge in [0.25, 0.3) is 0 Å². The van der Waals surface area contributed by atoms with E-state index in [9.17, 15) is 0 Å². The van der Waals surface area contributed by atoms with Crippen LogP contribution in [0.25, 0.3) is 11.1 Å². The molecule has 0 N–H and O–H groups in total. The van der Waals surface area contributed by atoms with Crippen LogP contribution in [-0.4, -0.2) is 0 Å². The fraction of sp³-hybridized carbons (Fsp3) is 0.467. The lowest BCUT2D eigenvalue weighted by Crippen LogP contribution is -2.25. The summed E-state index contributed by atoms with van der Waals surface area (Å²) < 4.78 is 5.45. The van der Waals surface area contributed by atoms with Gasteiger partial charge >= 0.3 is 0 Å². The van der Waals surface area contributed by atoms with Gasteiger partial charge in [0.15, 0.2) is 0 Å². The second-order valence-electron chi connectivity index (χ2n) is 3.98. The first-order valence-corrected chi connectivity index (χ1v) is 5.95. The molecule has 0 fully saturated rings. The Balaban J connectivity index is 0.00000106. The molecular weight excluding hydrogens is 196 g/mol. The highest BCUT2D eigenvalue weighted by Gasteiger charge is 2.02. The highest BCUT2D eigenvalue weighted by atomic mass is 16.3. The summed E-state index contributed by atoms with van der Waals surface area (Å²) in [5, 5.41) is 1.18. The van der Waals surface area contributed by atoms with E-state index in [0.717, 1.165) is 5.42 Å². The van der Waals surface area contributed by atoms with Crippen LogP contribution in [0.4, 0.5) is 0 Å². The molecule has 0 aliphatic rings. The lowest BCUT2D eigenvalue weighted by molar-refractivity contribution is 0.527. The van der Waals surface area contributed by atoms with E-state index in [-0.39, 0.29) is 0 Å². The number of hydrogen-bond acceptors (Lipinski definition) is 1. The van der Waals surface area contributed by atoms with E-state index in [0.29, 0.717) is 5.92 Å². The van der Waals surface area contributed by atoms with E-state index in [4.69, 9.17) is 4.42 Å². The molecule has 1 nitrogen and oxygen atoms in total. The largest absolute Gasteiger partial charge is 0.464 e. The minimum absolute atomic E-state index is 0.475. The molecule has 0 radical (unpaired) electrons. The molecule has 1 heterocycles. The second-order valence-corrected chi connectivity index (χ2v) is 3.98. The van der Waals surface area contributed by atoms with Crippen molar-refractivity contribution in [1.82, 2.24) is 0 Å². The van der Waals surface area contributed by atoms with Crippen molar-refractivity contribution in [3.8, 4) is 0 Å². The van der Waals surface area contributed by atoms with Crippen LogP contribution in [0.15, 0.2) is 29.4 Å². The van der Waals surface area contributed by atoms with Crippen LogP contribution < -0.4 is 10.6 Å². The molecule has 16 heavy (non-hydrogen) atoms. The summed E-state index contributed by atoms with van der Waals surface area (Å²) in [6.45, 7) is 16.3. The monoisotopic (exact) mass is 220 g/mol. The van der Waals surface area contributed by atoms with Gasteiger partial charge in [0.2, 0.25) is 0 Å². The lowest BCUT2D eigenvalue weighted by atomic mass is 10.0. The zero-order valence-corrected chi connectivity index (χ0v) is 11.4. The van der Waals surface area contributed by atoms with E-state index >= 15 is 0 Å². The van der Waals surface area contributed by atoms with E-state index < -0.39 is 0 Å². The van der Waals surface area contributed by atoms with Crippen LogP contribution in [-0.2, 0) is 0 Å². The number of furan rings is 1. The lowest BCUT2D eigenvalue weighted by Gasteiger charge is -2.03. The van der Waals surface area contributed by atoms with E-state index in [1.165, 1.54) is 16.4 Å². The number of rotatable bonds is 2. The Morgan fingerprint density at radius 1 is 1.31 bits per heavy atom. The van der Waals surface area contributed by atoms with Crippen molar-refractivity contribution < 1.29 is 4.42 Å². The van der Waals surface area contributed by atoms with Gasteiger partial charge in [-0.2, -0.15) is 0 Å². The van der Waals surface area contributed by atoms with Crippen LogP contribution in [0, 0.1) is 5.92 Å². The van der Waals surface area contributed by atoms with Crippen molar-refractivity contribution in [1.29, 1.82) is 0 Å². The minimum atomic E-state index is 0.475. The van der Waals surface area contributed by atoms with Crippen LogP contribution in [0.2, 0.25) is 0 Å². The van der Waals surface area contributed by atoms with Gasteiger partial charge in [-0.15, -0.1) is 0 Å². The van der Waals surface area contributed by atoms with Crippen molar-refractivity contribution in [2.45, 2.75) is 41.5 Å². The second kappa shape index (κ2) is 7.10. The first kappa shape index (κ1) is 14.8. The third kappa shape index (κ3) is 3.41. The van der Waals surface area contributed by atoms with Gasteiger partial charge in [0, 0.05) is 5.22 Å². The summed E-state index contributed by atoms with van der Waals surface area (Å²) in [5.74, 6) is 0.475. The van der Waals surface area contributed by atoms with Crippen molar-refractivity contribution in [3.63, 3.8) is 0 Å². The standard InChI is InChI=1S/C13H18O.C2H6/c1-6-11(9(2)3)12-7-8-14-13(12)10(4)5;1-2/h6-9H,1H2,2-5H3;1-2H3/b12-11+;. The molecule has 0 bridgehead atoms. The molecule has 90 valence electrons. The van der Waals surface area contributed by atoms with Crippen molar-refractivity contribution >= 4 is 11.1 Å². The molecule has 0 amide bonds. The zero-order chi connectivity index (χ0) is 12.7. The normalized spacial score (nSPS) is 11.7. The smallest absolute Gasteiger partial charge is 0.132 e. The SMILES string of the molecule is C=C/C(=c1/ccoc1=C(C)C)C(C)C.CC. The van der Waals surface area contributed by atoms with E-state index in [1.807, 2.05) is 26.0 Å². The zero-order valence-electron chi connectivity index (χ0n) is 11.4. The average molecular weight is 220 g/mol. The van der Waals surface area contributed by atoms with Gasteiger partial charge in [-0.3, -0.25) is 0 Å². The Morgan fingerprint density at radius 3 is 2.25 bits per heavy atom. The summed E-state index contributed by atoms with van der Waals surface area (Å²) in [5.41, 5.74) is 3.42. The van der Waals surface area contributed by atoms with Crippen molar-refractivity contribution in [2.75, 3.05) is 0 Å². The molecule has 1 rings (SSSR count). The fourth-order valence-electron chi connectivity index (χ4n) is 1.58. The number of hydrogen-bond donors (Lipinski definition) is 0. The van der Waals surface area contributed by atoms with Crippen LogP contribution in [0.3, 0.4) is 0 Å². The summed E-state index contributed by atoms with van der Waals surface area (Å²) in [6.07, 6.45) is 3.66. The Bertz CT molecular complexity index is 428. The summed E-state index contributed by atoms with van der Waals surface area (Å²) >= 11 is 0. The van der Waals surface area contributed by atoms with E-state index in [2.05, 4.69) is 34.3 Å².